The largest absolute Gasteiger partial charge is 0.310 e. The van der Waals surface area contributed by atoms with Crippen LogP contribution >= 0.6 is 0 Å². The minimum Gasteiger partial charge on any atom is -0.310 e. The molecule has 2 heteroatoms. The molecule has 2 aliphatic carbocycles. The summed E-state index contributed by atoms with van der Waals surface area (Å²) in [5.41, 5.74) is 22.4. The lowest BCUT2D eigenvalue weighted by Crippen LogP contribution is -2.32. The summed E-state index contributed by atoms with van der Waals surface area (Å²) >= 11 is 0. The molecule has 0 saturated heterocycles. The Bertz CT molecular complexity index is 2770. The predicted octanol–water partition coefficient (Wildman–Crippen LogP) is 14.2. The van der Waals surface area contributed by atoms with Gasteiger partial charge in [-0.15, -0.1) is 0 Å². The van der Waals surface area contributed by atoms with E-state index in [4.69, 9.17) is 0 Å². The molecule has 8 aromatic rings. The van der Waals surface area contributed by atoms with E-state index in [2.05, 4.69) is 219 Å². The molecule has 0 bridgehead atoms. The molecule has 0 N–H and O–H groups in total. The lowest BCUT2D eigenvalue weighted by molar-refractivity contribution is 0.631. The highest BCUT2D eigenvalue weighted by molar-refractivity contribution is 6.00. The van der Waals surface area contributed by atoms with Gasteiger partial charge in [0, 0.05) is 22.2 Å². The van der Waals surface area contributed by atoms with E-state index >= 15 is 0 Å². The van der Waals surface area contributed by atoms with Crippen LogP contribution in [0.25, 0.3) is 22.3 Å². The summed E-state index contributed by atoms with van der Waals surface area (Å²) in [6.07, 6.45) is 0. The Hall–Kier alpha value is -6.64. The first kappa shape index (κ1) is 32.6. The minimum atomic E-state index is -0.519. The molecular formula is C55H42N2. The first-order valence-electron chi connectivity index (χ1n) is 20.3. The Morgan fingerprint density at radius 1 is 0.281 bits per heavy atom. The molecule has 1 spiro atoms. The number of nitrogens with zero attached hydrogens (tertiary/aromatic N) is 2. The second kappa shape index (κ2) is 11.2. The van der Waals surface area contributed by atoms with Gasteiger partial charge in [-0.25, -0.2) is 0 Å². The molecule has 12 rings (SSSR count). The number of para-hydroxylation sites is 4. The predicted molar refractivity (Wildman–Crippen MR) is 236 cm³/mol. The lowest BCUT2D eigenvalue weighted by Gasteiger charge is -2.43. The molecule has 0 saturated carbocycles. The Labute approximate surface area is 335 Å². The molecule has 272 valence electrons. The summed E-state index contributed by atoms with van der Waals surface area (Å²) in [4.78, 5) is 5.03. The number of rotatable bonds is 2. The molecule has 2 heterocycles. The van der Waals surface area contributed by atoms with Crippen LogP contribution < -0.4 is 9.80 Å². The molecule has 0 aromatic heterocycles. The average molecular weight is 731 g/mol. The van der Waals surface area contributed by atoms with Crippen LogP contribution in [0.5, 0.6) is 0 Å². The van der Waals surface area contributed by atoms with E-state index in [1.165, 1.54) is 101 Å². The fraction of sp³-hybridized carbons (Fsp3) is 0.127. The standard InChI is InChI=1S/C55H42N2/c1-53(2)43-27-15-17-29-49(43)56(35-19-7-5-8-20-35)51-33-45-39(31-47(51)53)40-32-48-52(57(36-21-9-6-10-22-36)50-30-18-16-28-44(50)54(48,3)4)34-46(40)55(45)41-25-13-11-23-37(41)38-24-12-14-26-42(38)55/h5-34H,1-4H3. The number of anilines is 6. The number of benzene rings is 8. The number of fused-ring (bicyclic) bond motifs is 14. The van der Waals surface area contributed by atoms with Crippen LogP contribution in [0, 0.1) is 0 Å². The Balaban J connectivity index is 1.24. The van der Waals surface area contributed by atoms with E-state index in [0.29, 0.717) is 0 Å². The Morgan fingerprint density at radius 3 is 1.05 bits per heavy atom. The SMILES string of the molecule is CC1(C)c2ccccc2N(c2ccccc2)c2cc3c(cc21)-c1cc2c(cc1C31c3ccccc3-c3ccccc31)N(c1ccccc1)c1ccccc1C2(C)C. The van der Waals surface area contributed by atoms with Crippen molar-refractivity contribution >= 4 is 34.1 Å². The van der Waals surface area contributed by atoms with Crippen molar-refractivity contribution < 1.29 is 0 Å². The van der Waals surface area contributed by atoms with E-state index in [9.17, 15) is 0 Å². The highest BCUT2D eigenvalue weighted by Crippen LogP contribution is 2.67. The van der Waals surface area contributed by atoms with Crippen LogP contribution in [0.15, 0.2) is 182 Å². The molecule has 8 aromatic carbocycles. The maximum atomic E-state index is 2.59. The molecule has 57 heavy (non-hydrogen) atoms. The zero-order valence-electron chi connectivity index (χ0n) is 32.7. The zero-order valence-corrected chi connectivity index (χ0v) is 32.7. The molecule has 2 aliphatic heterocycles. The van der Waals surface area contributed by atoms with Gasteiger partial charge in [0.1, 0.15) is 0 Å². The Kier molecular flexibility index (Phi) is 6.42. The number of hydrogen-bond donors (Lipinski definition) is 0. The maximum Gasteiger partial charge on any atom is 0.0727 e. The molecule has 0 fully saturated rings. The Morgan fingerprint density at radius 2 is 0.632 bits per heavy atom. The third-order valence-corrected chi connectivity index (χ3v) is 13.8. The van der Waals surface area contributed by atoms with Crippen molar-refractivity contribution in [2.24, 2.45) is 0 Å². The summed E-state index contributed by atoms with van der Waals surface area (Å²) in [6.45, 7) is 9.65. The molecule has 0 radical (unpaired) electrons. The van der Waals surface area contributed by atoms with Gasteiger partial charge < -0.3 is 9.80 Å². The van der Waals surface area contributed by atoms with E-state index in [1.54, 1.807) is 0 Å². The van der Waals surface area contributed by atoms with Crippen LogP contribution in [0.1, 0.15) is 72.2 Å². The summed E-state index contributed by atoms with van der Waals surface area (Å²) in [5, 5.41) is 0. The van der Waals surface area contributed by atoms with Crippen LogP contribution in [0.4, 0.5) is 34.1 Å². The fourth-order valence-corrected chi connectivity index (χ4v) is 11.2. The van der Waals surface area contributed by atoms with E-state index in [1.807, 2.05) is 0 Å². The van der Waals surface area contributed by atoms with Crippen molar-refractivity contribution in [3.8, 4) is 22.3 Å². The van der Waals surface area contributed by atoms with E-state index < -0.39 is 5.41 Å². The van der Waals surface area contributed by atoms with Gasteiger partial charge in [0.25, 0.3) is 0 Å². The average Bonchev–Trinajstić information content (AvgIpc) is 3.70. The van der Waals surface area contributed by atoms with Gasteiger partial charge in [0.15, 0.2) is 0 Å². The molecule has 0 unspecified atom stereocenters. The van der Waals surface area contributed by atoms with Crippen molar-refractivity contribution in [1.29, 1.82) is 0 Å². The third-order valence-electron chi connectivity index (χ3n) is 13.8. The van der Waals surface area contributed by atoms with Gasteiger partial charge in [-0.1, -0.05) is 149 Å². The highest BCUT2D eigenvalue weighted by Gasteiger charge is 2.54. The monoisotopic (exact) mass is 730 g/mol. The summed E-state index contributed by atoms with van der Waals surface area (Å²) < 4.78 is 0. The zero-order chi connectivity index (χ0) is 38.3. The fourth-order valence-electron chi connectivity index (χ4n) is 11.2. The van der Waals surface area contributed by atoms with Gasteiger partial charge in [-0.05, 0) is 127 Å². The molecule has 2 nitrogen and oxygen atoms in total. The van der Waals surface area contributed by atoms with Crippen molar-refractivity contribution in [3.63, 3.8) is 0 Å². The van der Waals surface area contributed by atoms with E-state index in [-0.39, 0.29) is 10.8 Å². The normalized spacial score (nSPS) is 16.4. The number of hydrogen-bond acceptors (Lipinski definition) is 2. The van der Waals surface area contributed by atoms with Crippen molar-refractivity contribution in [2.75, 3.05) is 9.80 Å². The first-order valence-corrected chi connectivity index (χ1v) is 20.3. The van der Waals surface area contributed by atoms with Crippen LogP contribution in [0.2, 0.25) is 0 Å². The van der Waals surface area contributed by atoms with Gasteiger partial charge in [0.2, 0.25) is 0 Å². The smallest absolute Gasteiger partial charge is 0.0727 e. The van der Waals surface area contributed by atoms with E-state index in [0.717, 1.165) is 0 Å². The topological polar surface area (TPSA) is 6.48 Å². The van der Waals surface area contributed by atoms with Crippen molar-refractivity contribution in [1.82, 2.24) is 0 Å². The van der Waals surface area contributed by atoms with Crippen molar-refractivity contribution in [2.45, 2.75) is 43.9 Å². The van der Waals surface area contributed by atoms with Crippen molar-refractivity contribution in [3.05, 3.63) is 226 Å². The first-order chi connectivity index (χ1) is 27.8. The molecular weight excluding hydrogens is 689 g/mol. The van der Waals surface area contributed by atoms with Crippen LogP contribution in [-0.2, 0) is 16.2 Å². The van der Waals surface area contributed by atoms with Gasteiger partial charge in [-0.2, -0.15) is 0 Å². The van der Waals surface area contributed by atoms with Gasteiger partial charge >= 0.3 is 0 Å². The van der Waals surface area contributed by atoms with Gasteiger partial charge in [0.05, 0.1) is 28.2 Å². The summed E-state index contributed by atoms with van der Waals surface area (Å²) in [6, 6.07) is 68.6. The van der Waals surface area contributed by atoms with Crippen LogP contribution in [0.3, 0.4) is 0 Å². The molecule has 0 amide bonds. The highest BCUT2D eigenvalue weighted by atomic mass is 15.2. The quantitative estimate of drug-likeness (QED) is 0.175. The summed E-state index contributed by atoms with van der Waals surface area (Å²) in [5.74, 6) is 0. The molecule has 0 atom stereocenters. The summed E-state index contributed by atoms with van der Waals surface area (Å²) in [7, 11) is 0. The minimum absolute atomic E-state index is 0.232. The second-order valence-electron chi connectivity index (χ2n) is 17.3. The van der Waals surface area contributed by atoms with Crippen LogP contribution in [-0.4, -0.2) is 0 Å². The van der Waals surface area contributed by atoms with Gasteiger partial charge in [-0.3, -0.25) is 0 Å². The maximum absolute atomic E-state index is 2.59. The third kappa shape index (κ3) is 4.05. The lowest BCUT2D eigenvalue weighted by atomic mass is 9.67. The molecule has 4 aliphatic rings. The second-order valence-corrected chi connectivity index (χ2v) is 17.3.